The summed E-state index contributed by atoms with van der Waals surface area (Å²) in [7, 11) is 0. The molecule has 110 valence electrons. The predicted molar refractivity (Wildman–Crippen MR) is 83.6 cm³/mol. The van der Waals surface area contributed by atoms with Crippen LogP contribution >= 0.6 is 11.3 Å². The van der Waals surface area contributed by atoms with Crippen molar-refractivity contribution in [1.82, 2.24) is 4.98 Å². The molecule has 1 fully saturated rings. The highest BCUT2D eigenvalue weighted by molar-refractivity contribution is 7.09. The van der Waals surface area contributed by atoms with Gasteiger partial charge in [-0.3, -0.25) is 0 Å². The van der Waals surface area contributed by atoms with Crippen LogP contribution in [0.25, 0.3) is 0 Å². The van der Waals surface area contributed by atoms with Crippen LogP contribution in [-0.2, 0) is 12.8 Å². The Morgan fingerprint density at radius 3 is 3.19 bits per heavy atom. The molecule has 21 heavy (non-hydrogen) atoms. The second-order valence-corrected chi connectivity index (χ2v) is 6.44. The Morgan fingerprint density at radius 1 is 1.52 bits per heavy atom. The summed E-state index contributed by atoms with van der Waals surface area (Å²) >= 11 is 1.79. The molecule has 0 radical (unpaired) electrons. The monoisotopic (exact) mass is 301 g/mol. The first-order chi connectivity index (χ1) is 10.3. The highest BCUT2D eigenvalue weighted by Gasteiger charge is 2.28. The van der Waals surface area contributed by atoms with E-state index in [4.69, 9.17) is 4.42 Å². The minimum absolute atomic E-state index is 0.0596. The highest BCUT2D eigenvalue weighted by Crippen LogP contribution is 2.29. The van der Waals surface area contributed by atoms with Crippen molar-refractivity contribution in [3.8, 4) is 6.07 Å². The Labute approximate surface area is 129 Å². The second-order valence-electron chi connectivity index (χ2n) is 5.41. The minimum Gasteiger partial charge on any atom is -0.425 e. The molecule has 0 aliphatic carbocycles. The molecule has 0 N–H and O–H groups in total. The quantitative estimate of drug-likeness (QED) is 0.844. The summed E-state index contributed by atoms with van der Waals surface area (Å²) in [5.74, 6) is 1.59. The molecule has 1 aliphatic rings. The number of nitriles is 1. The van der Waals surface area contributed by atoms with Gasteiger partial charge in [0.15, 0.2) is 5.89 Å². The molecule has 1 aliphatic heterocycles. The first-order valence-corrected chi connectivity index (χ1v) is 8.31. The standard InChI is InChI=1S/C16H19N3OS/c1-12-16(19-9-3-5-13(19)11-17)20-15(18-12)8-2-6-14-7-4-10-21-14/h4,7,10,13H,2-3,5-6,8-9H2,1H3/t13-/m0/s1. The van der Waals surface area contributed by atoms with Gasteiger partial charge in [-0.2, -0.15) is 5.26 Å². The predicted octanol–water partition coefficient (Wildman–Crippen LogP) is 3.71. The van der Waals surface area contributed by atoms with Gasteiger partial charge in [-0.25, -0.2) is 4.98 Å². The zero-order chi connectivity index (χ0) is 14.7. The molecule has 3 heterocycles. The lowest BCUT2D eigenvalue weighted by atomic mass is 10.2. The number of nitrogens with zero attached hydrogens (tertiary/aromatic N) is 3. The Hall–Kier alpha value is -1.80. The molecule has 1 saturated heterocycles. The summed E-state index contributed by atoms with van der Waals surface area (Å²) in [6.07, 6.45) is 4.93. The molecule has 2 aromatic heterocycles. The zero-order valence-corrected chi connectivity index (χ0v) is 13.0. The zero-order valence-electron chi connectivity index (χ0n) is 12.2. The van der Waals surface area contributed by atoms with Gasteiger partial charge >= 0.3 is 0 Å². The van der Waals surface area contributed by atoms with Crippen LogP contribution in [0.3, 0.4) is 0 Å². The molecular weight excluding hydrogens is 282 g/mol. The molecule has 1 atom stereocenters. The van der Waals surface area contributed by atoms with Crippen molar-refractivity contribution in [3.63, 3.8) is 0 Å². The summed E-state index contributed by atoms with van der Waals surface area (Å²) < 4.78 is 5.92. The Balaban J connectivity index is 1.63. The average Bonchev–Trinajstić information content (AvgIpc) is 3.19. The smallest absolute Gasteiger partial charge is 0.220 e. The molecule has 2 aromatic rings. The average molecular weight is 301 g/mol. The van der Waals surface area contributed by atoms with Crippen LogP contribution in [0, 0.1) is 18.3 Å². The summed E-state index contributed by atoms with van der Waals surface area (Å²) in [5.41, 5.74) is 0.906. The molecule has 0 amide bonds. The van der Waals surface area contributed by atoms with E-state index in [1.807, 2.05) is 6.92 Å². The van der Waals surface area contributed by atoms with Crippen LogP contribution in [0.15, 0.2) is 21.9 Å². The lowest BCUT2D eigenvalue weighted by Gasteiger charge is -2.18. The van der Waals surface area contributed by atoms with Gasteiger partial charge in [-0.1, -0.05) is 6.07 Å². The van der Waals surface area contributed by atoms with E-state index >= 15 is 0 Å². The van der Waals surface area contributed by atoms with E-state index < -0.39 is 0 Å². The number of thiophene rings is 1. The Kier molecular flexibility index (Phi) is 4.26. The van der Waals surface area contributed by atoms with Gasteiger partial charge < -0.3 is 9.32 Å². The van der Waals surface area contributed by atoms with Crippen LogP contribution in [-0.4, -0.2) is 17.6 Å². The fraction of sp³-hybridized carbons (Fsp3) is 0.500. The maximum Gasteiger partial charge on any atom is 0.220 e. The van der Waals surface area contributed by atoms with Crippen molar-refractivity contribution >= 4 is 17.2 Å². The van der Waals surface area contributed by atoms with Crippen LogP contribution in [0.5, 0.6) is 0 Å². The number of hydrogen-bond donors (Lipinski definition) is 0. The van der Waals surface area contributed by atoms with Gasteiger partial charge in [-0.15, -0.1) is 11.3 Å². The normalized spacial score (nSPS) is 18.1. The number of oxazole rings is 1. The van der Waals surface area contributed by atoms with E-state index in [2.05, 4.69) is 33.5 Å². The summed E-state index contributed by atoms with van der Waals surface area (Å²) in [6, 6.07) is 6.54. The van der Waals surface area contributed by atoms with E-state index in [0.29, 0.717) is 0 Å². The van der Waals surface area contributed by atoms with E-state index in [9.17, 15) is 5.26 Å². The first-order valence-electron chi connectivity index (χ1n) is 7.43. The highest BCUT2D eigenvalue weighted by atomic mass is 32.1. The number of rotatable bonds is 5. The lowest BCUT2D eigenvalue weighted by molar-refractivity contribution is 0.480. The van der Waals surface area contributed by atoms with Crippen molar-refractivity contribution in [1.29, 1.82) is 5.26 Å². The van der Waals surface area contributed by atoms with Crippen LogP contribution in [0.4, 0.5) is 5.88 Å². The van der Waals surface area contributed by atoms with Gasteiger partial charge in [0.1, 0.15) is 11.7 Å². The van der Waals surface area contributed by atoms with Crippen LogP contribution < -0.4 is 4.90 Å². The molecule has 3 rings (SSSR count). The second kappa shape index (κ2) is 6.31. The maximum atomic E-state index is 9.19. The third-order valence-electron chi connectivity index (χ3n) is 3.87. The fourth-order valence-corrected chi connectivity index (χ4v) is 3.58. The summed E-state index contributed by atoms with van der Waals surface area (Å²) in [6.45, 7) is 2.86. The topological polar surface area (TPSA) is 53.1 Å². The molecule has 0 unspecified atom stereocenters. The SMILES string of the molecule is Cc1nc(CCCc2cccs2)oc1N1CCC[C@H]1C#N. The third-order valence-corrected chi connectivity index (χ3v) is 4.81. The summed E-state index contributed by atoms with van der Waals surface area (Å²) in [4.78, 5) is 7.99. The van der Waals surface area contributed by atoms with Gasteiger partial charge in [0.2, 0.25) is 5.88 Å². The Morgan fingerprint density at radius 2 is 2.43 bits per heavy atom. The third kappa shape index (κ3) is 3.11. The summed E-state index contributed by atoms with van der Waals surface area (Å²) in [5, 5.41) is 11.3. The van der Waals surface area contributed by atoms with Crippen LogP contribution in [0.1, 0.15) is 35.7 Å². The van der Waals surface area contributed by atoms with E-state index in [-0.39, 0.29) is 6.04 Å². The molecular formula is C16H19N3OS. The minimum atomic E-state index is -0.0596. The molecule has 0 saturated carbocycles. The van der Waals surface area contributed by atoms with Gasteiger partial charge in [0, 0.05) is 17.8 Å². The van der Waals surface area contributed by atoms with E-state index in [1.165, 1.54) is 4.88 Å². The van der Waals surface area contributed by atoms with Gasteiger partial charge in [0.05, 0.1) is 6.07 Å². The Bertz CT molecular complexity index is 626. The van der Waals surface area contributed by atoms with E-state index in [1.54, 1.807) is 11.3 Å². The van der Waals surface area contributed by atoms with E-state index in [0.717, 1.165) is 56.1 Å². The number of aromatic nitrogens is 1. The molecule has 0 spiro atoms. The van der Waals surface area contributed by atoms with Gasteiger partial charge in [-0.05, 0) is 44.1 Å². The van der Waals surface area contributed by atoms with Crippen molar-refractivity contribution in [2.75, 3.05) is 11.4 Å². The first kappa shape index (κ1) is 14.2. The molecule has 5 heteroatoms. The maximum absolute atomic E-state index is 9.19. The largest absolute Gasteiger partial charge is 0.425 e. The van der Waals surface area contributed by atoms with Crippen molar-refractivity contribution in [2.45, 2.75) is 45.1 Å². The van der Waals surface area contributed by atoms with Crippen LogP contribution in [0.2, 0.25) is 0 Å². The fourth-order valence-electron chi connectivity index (χ4n) is 2.83. The molecule has 0 bridgehead atoms. The molecule has 0 aromatic carbocycles. The number of aryl methyl sites for hydroxylation is 3. The number of hydrogen-bond acceptors (Lipinski definition) is 5. The lowest BCUT2D eigenvalue weighted by Crippen LogP contribution is -2.27. The van der Waals surface area contributed by atoms with Crippen molar-refractivity contribution in [2.24, 2.45) is 0 Å². The molecule has 4 nitrogen and oxygen atoms in total. The van der Waals surface area contributed by atoms with Crippen molar-refractivity contribution in [3.05, 3.63) is 34.0 Å². The number of anilines is 1. The van der Waals surface area contributed by atoms with Gasteiger partial charge in [0.25, 0.3) is 0 Å². The van der Waals surface area contributed by atoms with Crippen molar-refractivity contribution < 1.29 is 4.42 Å².